The van der Waals surface area contributed by atoms with E-state index in [0.717, 1.165) is 0 Å². The number of amides is 2. The van der Waals surface area contributed by atoms with Crippen LogP contribution < -0.4 is 10.6 Å². The second-order valence-electron chi connectivity index (χ2n) is 3.44. The zero-order valence-electron chi connectivity index (χ0n) is 10.0. The van der Waals surface area contributed by atoms with Crippen molar-refractivity contribution in [2.75, 3.05) is 18.5 Å². The number of urea groups is 1. The number of benzene rings is 1. The highest BCUT2D eigenvalue weighted by Gasteiger charge is 2.04. The average Bonchev–Trinajstić information content (AvgIpc) is 2.32. The van der Waals surface area contributed by atoms with Gasteiger partial charge >= 0.3 is 12.0 Å². The van der Waals surface area contributed by atoms with Crippen molar-refractivity contribution in [2.45, 2.75) is 13.3 Å². The molecule has 0 radical (unpaired) electrons. The van der Waals surface area contributed by atoms with E-state index in [1.165, 1.54) is 0 Å². The van der Waals surface area contributed by atoms with E-state index in [4.69, 9.17) is 16.3 Å². The molecule has 0 aliphatic rings. The van der Waals surface area contributed by atoms with Crippen molar-refractivity contribution in [3.63, 3.8) is 0 Å². The maximum Gasteiger partial charge on any atom is 0.319 e. The van der Waals surface area contributed by atoms with Gasteiger partial charge in [-0.1, -0.05) is 11.6 Å². The Hall–Kier alpha value is -1.75. The Morgan fingerprint density at radius 3 is 2.56 bits per heavy atom. The van der Waals surface area contributed by atoms with E-state index in [2.05, 4.69) is 10.6 Å². The third-order valence-corrected chi connectivity index (χ3v) is 2.27. The van der Waals surface area contributed by atoms with E-state index in [9.17, 15) is 9.59 Å². The molecule has 5 nitrogen and oxygen atoms in total. The fourth-order valence-electron chi connectivity index (χ4n) is 1.22. The fraction of sp³-hybridized carbons (Fsp3) is 0.333. The molecule has 0 fully saturated rings. The normalized spacial score (nSPS) is 9.67. The second kappa shape index (κ2) is 7.55. The van der Waals surface area contributed by atoms with Crippen molar-refractivity contribution in [2.24, 2.45) is 0 Å². The van der Waals surface area contributed by atoms with Crippen LogP contribution in [0.5, 0.6) is 0 Å². The van der Waals surface area contributed by atoms with Crippen LogP contribution in [0, 0.1) is 0 Å². The third-order valence-electron chi connectivity index (χ3n) is 2.02. The summed E-state index contributed by atoms with van der Waals surface area (Å²) in [6.07, 6.45) is 0.155. The van der Waals surface area contributed by atoms with Crippen molar-refractivity contribution >= 4 is 29.3 Å². The lowest BCUT2D eigenvalue weighted by Crippen LogP contribution is -2.30. The van der Waals surface area contributed by atoms with Crippen LogP contribution in [0.3, 0.4) is 0 Å². The molecule has 0 saturated heterocycles. The highest BCUT2D eigenvalue weighted by molar-refractivity contribution is 6.30. The molecule has 98 valence electrons. The third kappa shape index (κ3) is 5.54. The average molecular weight is 271 g/mol. The summed E-state index contributed by atoms with van der Waals surface area (Å²) in [5.74, 6) is -0.329. The van der Waals surface area contributed by atoms with E-state index in [1.54, 1.807) is 31.2 Å². The molecule has 18 heavy (non-hydrogen) atoms. The van der Waals surface area contributed by atoms with Gasteiger partial charge in [-0.15, -0.1) is 0 Å². The molecular formula is C12H15ClN2O3. The molecular weight excluding hydrogens is 256 g/mol. The molecule has 0 unspecified atom stereocenters. The van der Waals surface area contributed by atoms with Crippen LogP contribution in [0.15, 0.2) is 24.3 Å². The summed E-state index contributed by atoms with van der Waals surface area (Å²) >= 11 is 5.72. The number of rotatable bonds is 5. The molecule has 2 amide bonds. The zero-order valence-corrected chi connectivity index (χ0v) is 10.8. The minimum Gasteiger partial charge on any atom is -0.466 e. The molecule has 6 heteroatoms. The lowest BCUT2D eigenvalue weighted by molar-refractivity contribution is -0.142. The van der Waals surface area contributed by atoms with Gasteiger partial charge in [0.2, 0.25) is 0 Å². The van der Waals surface area contributed by atoms with Crippen molar-refractivity contribution in [1.82, 2.24) is 5.32 Å². The summed E-state index contributed by atoms with van der Waals surface area (Å²) in [5.41, 5.74) is 0.632. The van der Waals surface area contributed by atoms with Crippen LogP contribution in [0.25, 0.3) is 0 Å². The maximum atomic E-state index is 11.4. The molecule has 0 bridgehead atoms. The zero-order chi connectivity index (χ0) is 13.4. The first-order chi connectivity index (χ1) is 8.61. The molecule has 0 aliphatic carbocycles. The standard InChI is InChI=1S/C12H15ClN2O3/c1-2-18-11(16)7-8-14-12(17)15-10-5-3-9(13)4-6-10/h3-6H,2,7-8H2,1H3,(H2,14,15,17). The predicted molar refractivity (Wildman–Crippen MR) is 69.7 cm³/mol. The molecule has 1 rings (SSSR count). The molecule has 2 N–H and O–H groups in total. The monoisotopic (exact) mass is 270 g/mol. The van der Waals surface area contributed by atoms with Gasteiger partial charge in [0.05, 0.1) is 13.0 Å². The van der Waals surface area contributed by atoms with Gasteiger partial charge in [-0.05, 0) is 31.2 Å². The first-order valence-corrected chi connectivity index (χ1v) is 5.95. The number of ether oxygens (including phenoxy) is 1. The quantitative estimate of drug-likeness (QED) is 0.808. The van der Waals surface area contributed by atoms with Gasteiger partial charge < -0.3 is 15.4 Å². The lowest BCUT2D eigenvalue weighted by atomic mass is 10.3. The van der Waals surface area contributed by atoms with Crippen LogP contribution in [0.2, 0.25) is 5.02 Å². The molecule has 0 heterocycles. The molecule has 0 aromatic heterocycles. The number of nitrogens with one attached hydrogen (secondary N) is 2. The molecule has 1 aromatic rings. The Morgan fingerprint density at radius 1 is 1.28 bits per heavy atom. The topological polar surface area (TPSA) is 67.4 Å². The summed E-state index contributed by atoms with van der Waals surface area (Å²) in [7, 11) is 0. The Bertz CT molecular complexity index is 406. The van der Waals surface area contributed by atoms with Gasteiger partial charge in [0.1, 0.15) is 0 Å². The summed E-state index contributed by atoms with van der Waals surface area (Å²) in [6, 6.07) is 6.35. The summed E-state index contributed by atoms with van der Waals surface area (Å²) in [5, 5.41) is 5.77. The van der Waals surface area contributed by atoms with Crippen molar-refractivity contribution in [3.8, 4) is 0 Å². The number of esters is 1. The van der Waals surface area contributed by atoms with E-state index in [0.29, 0.717) is 17.3 Å². The summed E-state index contributed by atoms with van der Waals surface area (Å²) in [6.45, 7) is 2.31. The number of anilines is 1. The Morgan fingerprint density at radius 2 is 1.94 bits per heavy atom. The Balaban J connectivity index is 2.25. The highest BCUT2D eigenvalue weighted by Crippen LogP contribution is 2.12. The number of halogens is 1. The van der Waals surface area contributed by atoms with Gasteiger partial charge in [-0.2, -0.15) is 0 Å². The van der Waals surface area contributed by atoms with Crippen molar-refractivity contribution in [3.05, 3.63) is 29.3 Å². The van der Waals surface area contributed by atoms with Gasteiger partial charge in [0.25, 0.3) is 0 Å². The fourth-order valence-corrected chi connectivity index (χ4v) is 1.35. The lowest BCUT2D eigenvalue weighted by Gasteiger charge is -2.07. The minimum absolute atomic E-state index is 0.155. The van der Waals surface area contributed by atoms with Crippen LogP contribution >= 0.6 is 11.6 Å². The highest BCUT2D eigenvalue weighted by atomic mass is 35.5. The molecule has 0 spiro atoms. The van der Waals surface area contributed by atoms with Crippen LogP contribution in [0.1, 0.15) is 13.3 Å². The molecule has 0 aliphatic heterocycles. The number of carbonyl (C=O) groups excluding carboxylic acids is 2. The number of hydrogen-bond donors (Lipinski definition) is 2. The number of carbonyl (C=O) groups is 2. The van der Waals surface area contributed by atoms with E-state index in [1.807, 2.05) is 0 Å². The van der Waals surface area contributed by atoms with E-state index in [-0.39, 0.29) is 25.0 Å². The Kier molecular flexibility index (Phi) is 6.00. The first kappa shape index (κ1) is 14.3. The van der Waals surface area contributed by atoms with Gasteiger partial charge in [0, 0.05) is 17.3 Å². The van der Waals surface area contributed by atoms with Gasteiger partial charge in [-0.3, -0.25) is 4.79 Å². The van der Waals surface area contributed by atoms with E-state index >= 15 is 0 Å². The second-order valence-corrected chi connectivity index (χ2v) is 3.88. The van der Waals surface area contributed by atoms with Gasteiger partial charge in [-0.25, -0.2) is 4.79 Å². The summed E-state index contributed by atoms with van der Waals surface area (Å²) < 4.78 is 4.73. The largest absolute Gasteiger partial charge is 0.466 e. The van der Waals surface area contributed by atoms with E-state index < -0.39 is 0 Å². The summed E-state index contributed by atoms with van der Waals surface area (Å²) in [4.78, 5) is 22.4. The number of hydrogen-bond acceptors (Lipinski definition) is 3. The van der Waals surface area contributed by atoms with Crippen LogP contribution in [-0.2, 0) is 9.53 Å². The van der Waals surface area contributed by atoms with Gasteiger partial charge in [0.15, 0.2) is 0 Å². The van der Waals surface area contributed by atoms with Crippen LogP contribution in [0.4, 0.5) is 10.5 Å². The minimum atomic E-state index is -0.373. The maximum absolute atomic E-state index is 11.4. The smallest absolute Gasteiger partial charge is 0.319 e. The SMILES string of the molecule is CCOC(=O)CCNC(=O)Nc1ccc(Cl)cc1. The first-order valence-electron chi connectivity index (χ1n) is 5.58. The van der Waals surface area contributed by atoms with Crippen molar-refractivity contribution < 1.29 is 14.3 Å². The Labute approximate surface area is 110 Å². The predicted octanol–water partition coefficient (Wildman–Crippen LogP) is 2.41. The molecule has 0 saturated carbocycles. The van der Waals surface area contributed by atoms with Crippen LogP contribution in [-0.4, -0.2) is 25.2 Å². The van der Waals surface area contributed by atoms with Crippen molar-refractivity contribution in [1.29, 1.82) is 0 Å². The molecule has 0 atom stereocenters. The molecule has 1 aromatic carbocycles.